The highest BCUT2D eigenvalue weighted by Crippen LogP contribution is 2.32. The van der Waals surface area contributed by atoms with Gasteiger partial charge in [-0.15, -0.1) is 11.3 Å². The van der Waals surface area contributed by atoms with Crippen molar-refractivity contribution in [2.24, 2.45) is 5.92 Å². The molecule has 0 saturated heterocycles. The number of fused-ring (bicyclic) bond motifs is 1. The molecule has 0 bridgehead atoms. The summed E-state index contributed by atoms with van der Waals surface area (Å²) in [6, 6.07) is 4.81. The smallest absolute Gasteiger partial charge is 0.261 e. The maximum atomic E-state index is 13.9. The molecule has 0 aliphatic rings. The number of amides is 1. The fourth-order valence-corrected chi connectivity index (χ4v) is 3.40. The number of halogens is 1. The summed E-state index contributed by atoms with van der Waals surface area (Å²) in [5.41, 5.74) is 0.631. The average Bonchev–Trinajstić information content (AvgIpc) is 2.83. The van der Waals surface area contributed by atoms with E-state index in [4.69, 9.17) is 4.74 Å². The Bertz CT molecular complexity index is 684. The van der Waals surface area contributed by atoms with Crippen LogP contribution in [0.25, 0.3) is 10.1 Å². The molecule has 6 heteroatoms. The van der Waals surface area contributed by atoms with Gasteiger partial charge in [0.15, 0.2) is 0 Å². The Morgan fingerprint density at radius 3 is 2.78 bits per heavy atom. The molecule has 0 spiro atoms. The first-order valence-corrected chi connectivity index (χ1v) is 8.43. The first kappa shape index (κ1) is 17.8. The number of hydrogen-bond acceptors (Lipinski definition) is 4. The molecule has 126 valence electrons. The third-order valence-electron chi connectivity index (χ3n) is 3.37. The van der Waals surface area contributed by atoms with Gasteiger partial charge >= 0.3 is 0 Å². The number of aliphatic hydroxyl groups excluding tert-OH is 1. The van der Waals surface area contributed by atoms with Gasteiger partial charge in [0.25, 0.3) is 5.91 Å². The number of carbonyl (C=O) groups excluding carboxylic acids is 1. The molecule has 1 heterocycles. The summed E-state index contributed by atoms with van der Waals surface area (Å²) in [6.07, 6.45) is -0.760. The van der Waals surface area contributed by atoms with Crippen LogP contribution in [-0.4, -0.2) is 36.9 Å². The fourth-order valence-electron chi connectivity index (χ4n) is 2.26. The third kappa shape index (κ3) is 4.50. The Balaban J connectivity index is 1.96. The summed E-state index contributed by atoms with van der Waals surface area (Å²) >= 11 is 1.25. The van der Waals surface area contributed by atoms with Crippen LogP contribution in [0.4, 0.5) is 4.39 Å². The van der Waals surface area contributed by atoms with E-state index in [2.05, 4.69) is 5.32 Å². The average molecular weight is 339 g/mol. The Hall–Kier alpha value is -1.50. The lowest BCUT2D eigenvalue weighted by Gasteiger charge is -2.13. The predicted octanol–water partition coefficient (Wildman–Crippen LogP) is 3.11. The molecule has 23 heavy (non-hydrogen) atoms. The normalized spacial score (nSPS) is 12.8. The molecule has 1 aromatic heterocycles. The van der Waals surface area contributed by atoms with Gasteiger partial charge in [-0.3, -0.25) is 4.79 Å². The molecule has 2 rings (SSSR count). The molecular formula is C17H22FNO3S. The molecule has 0 aliphatic heterocycles. The minimum Gasteiger partial charge on any atom is -0.389 e. The molecule has 2 N–H and O–H groups in total. The Morgan fingerprint density at radius 2 is 2.13 bits per heavy atom. The van der Waals surface area contributed by atoms with Crippen molar-refractivity contribution in [3.05, 3.63) is 34.5 Å². The van der Waals surface area contributed by atoms with Crippen molar-refractivity contribution in [1.29, 1.82) is 0 Å². The van der Waals surface area contributed by atoms with Gasteiger partial charge in [0.2, 0.25) is 0 Å². The first-order chi connectivity index (χ1) is 10.9. The molecule has 4 nitrogen and oxygen atoms in total. The van der Waals surface area contributed by atoms with Gasteiger partial charge in [-0.2, -0.15) is 0 Å². The van der Waals surface area contributed by atoms with E-state index in [0.717, 1.165) is 4.70 Å². The monoisotopic (exact) mass is 339 g/mol. The number of aliphatic hydroxyl groups is 1. The number of nitrogens with one attached hydrogen (secondary N) is 1. The standard InChI is InChI=1S/C17H22FNO3S/c1-10(2)8-22-9-12(20)7-19-17(21)16-11(3)15-13(18)5-4-6-14(15)23-16/h4-6,10,12,20H,7-9H2,1-3H3,(H,19,21). The first-order valence-electron chi connectivity index (χ1n) is 7.61. The van der Waals surface area contributed by atoms with Crippen LogP contribution in [0.1, 0.15) is 29.1 Å². The van der Waals surface area contributed by atoms with Crippen LogP contribution in [-0.2, 0) is 4.74 Å². The Labute approximate surface area is 139 Å². The summed E-state index contributed by atoms with van der Waals surface area (Å²) in [6.45, 7) is 6.64. The second-order valence-electron chi connectivity index (χ2n) is 5.96. The largest absolute Gasteiger partial charge is 0.389 e. The van der Waals surface area contributed by atoms with Crippen LogP contribution < -0.4 is 5.32 Å². The number of ether oxygens (including phenoxy) is 1. The van der Waals surface area contributed by atoms with Gasteiger partial charge in [0.1, 0.15) is 5.82 Å². The molecule has 0 aliphatic carbocycles. The summed E-state index contributed by atoms with van der Waals surface area (Å²) < 4.78 is 19.9. The Kier molecular flexibility index (Phi) is 6.10. The Morgan fingerprint density at radius 1 is 1.39 bits per heavy atom. The molecule has 2 aromatic rings. The van der Waals surface area contributed by atoms with E-state index in [1.165, 1.54) is 17.4 Å². The zero-order valence-corrected chi connectivity index (χ0v) is 14.4. The van der Waals surface area contributed by atoms with Crippen molar-refractivity contribution in [2.45, 2.75) is 26.9 Å². The summed E-state index contributed by atoms with van der Waals surface area (Å²) in [5.74, 6) is -0.226. The minimum atomic E-state index is -0.760. The van der Waals surface area contributed by atoms with Crippen molar-refractivity contribution in [1.82, 2.24) is 5.32 Å². The number of hydrogen-bond donors (Lipinski definition) is 2. The van der Waals surface area contributed by atoms with Crippen molar-refractivity contribution < 1.29 is 19.0 Å². The quantitative estimate of drug-likeness (QED) is 0.815. The van der Waals surface area contributed by atoms with E-state index in [1.54, 1.807) is 19.1 Å². The topological polar surface area (TPSA) is 58.6 Å². The zero-order chi connectivity index (χ0) is 17.0. The third-order valence-corrected chi connectivity index (χ3v) is 4.62. The van der Waals surface area contributed by atoms with Crippen LogP contribution >= 0.6 is 11.3 Å². The van der Waals surface area contributed by atoms with Crippen molar-refractivity contribution in [3.8, 4) is 0 Å². The van der Waals surface area contributed by atoms with Gasteiger partial charge in [-0.25, -0.2) is 4.39 Å². The van der Waals surface area contributed by atoms with Gasteiger partial charge < -0.3 is 15.2 Å². The minimum absolute atomic E-state index is 0.104. The lowest BCUT2D eigenvalue weighted by atomic mass is 10.1. The number of rotatable bonds is 7. The maximum Gasteiger partial charge on any atom is 0.261 e. The van der Waals surface area contributed by atoms with Crippen molar-refractivity contribution in [3.63, 3.8) is 0 Å². The molecule has 0 fully saturated rings. The molecule has 1 atom stereocenters. The molecule has 0 radical (unpaired) electrons. The predicted molar refractivity (Wildman–Crippen MR) is 90.5 cm³/mol. The van der Waals surface area contributed by atoms with Crippen LogP contribution in [0.3, 0.4) is 0 Å². The van der Waals surface area contributed by atoms with Crippen molar-refractivity contribution >= 4 is 27.3 Å². The van der Waals surface area contributed by atoms with E-state index in [1.807, 2.05) is 13.8 Å². The highest BCUT2D eigenvalue weighted by Gasteiger charge is 2.18. The second-order valence-corrected chi connectivity index (χ2v) is 7.02. The highest BCUT2D eigenvalue weighted by molar-refractivity contribution is 7.21. The molecule has 1 unspecified atom stereocenters. The molecule has 1 amide bonds. The molecule has 1 aromatic carbocycles. The SMILES string of the molecule is Cc1c(C(=O)NCC(O)COCC(C)C)sc2cccc(F)c12. The summed E-state index contributed by atoms with van der Waals surface area (Å²) in [7, 11) is 0. The van der Waals surface area contributed by atoms with Crippen LogP contribution in [0.5, 0.6) is 0 Å². The van der Waals surface area contributed by atoms with Gasteiger partial charge in [-0.1, -0.05) is 19.9 Å². The summed E-state index contributed by atoms with van der Waals surface area (Å²) in [5, 5.41) is 13.0. The van der Waals surface area contributed by atoms with Gasteiger partial charge in [0, 0.05) is 23.2 Å². The lowest BCUT2D eigenvalue weighted by Crippen LogP contribution is -2.34. The second kappa shape index (κ2) is 7.86. The van der Waals surface area contributed by atoms with Crippen LogP contribution in [0.2, 0.25) is 0 Å². The van der Waals surface area contributed by atoms with E-state index in [9.17, 15) is 14.3 Å². The van der Waals surface area contributed by atoms with E-state index < -0.39 is 6.10 Å². The zero-order valence-electron chi connectivity index (χ0n) is 13.6. The number of carbonyl (C=O) groups is 1. The van der Waals surface area contributed by atoms with Crippen molar-refractivity contribution in [2.75, 3.05) is 19.8 Å². The number of thiophene rings is 1. The van der Waals surface area contributed by atoms with E-state index >= 15 is 0 Å². The summed E-state index contributed by atoms with van der Waals surface area (Å²) in [4.78, 5) is 12.7. The maximum absolute atomic E-state index is 13.9. The number of benzene rings is 1. The molecular weight excluding hydrogens is 317 g/mol. The van der Waals surface area contributed by atoms with Gasteiger partial charge in [0.05, 0.1) is 17.6 Å². The van der Waals surface area contributed by atoms with E-state index in [-0.39, 0.29) is 24.9 Å². The van der Waals surface area contributed by atoms with Gasteiger partial charge in [-0.05, 0) is 30.5 Å². The fraction of sp³-hybridized carbons (Fsp3) is 0.471. The molecule has 0 saturated carbocycles. The highest BCUT2D eigenvalue weighted by atomic mass is 32.1. The lowest BCUT2D eigenvalue weighted by molar-refractivity contribution is 0.0259. The van der Waals surface area contributed by atoms with Crippen LogP contribution in [0, 0.1) is 18.7 Å². The van der Waals surface area contributed by atoms with Crippen LogP contribution in [0.15, 0.2) is 18.2 Å². The van der Waals surface area contributed by atoms with E-state index in [0.29, 0.717) is 28.4 Å². The number of aryl methyl sites for hydroxylation is 1.